The predicted octanol–water partition coefficient (Wildman–Crippen LogP) is 3.85. The van der Waals surface area contributed by atoms with Crippen LogP contribution in [0.2, 0.25) is 0 Å². The summed E-state index contributed by atoms with van der Waals surface area (Å²) in [6.07, 6.45) is 0. The molecule has 2 heterocycles. The lowest BCUT2D eigenvalue weighted by Crippen LogP contribution is -2.42. The largest absolute Gasteiger partial charge is 0.497 e. The molecule has 1 atom stereocenters. The minimum Gasteiger partial charge on any atom is -0.497 e. The molecule has 1 aromatic heterocycles. The lowest BCUT2D eigenvalue weighted by atomic mass is 10.1. The number of carbonyl (C=O) groups excluding carboxylic acids is 1. The first kappa shape index (κ1) is 21.6. The van der Waals surface area contributed by atoms with E-state index in [-0.39, 0.29) is 11.2 Å². The van der Waals surface area contributed by atoms with Crippen molar-refractivity contribution in [3.63, 3.8) is 0 Å². The molecule has 1 fully saturated rings. The molecule has 0 spiro atoms. The molecular formula is C22H24N4O3S2. The molecule has 9 heteroatoms. The van der Waals surface area contributed by atoms with Gasteiger partial charge in [-0.05, 0) is 23.3 Å². The Morgan fingerprint density at radius 1 is 1.16 bits per heavy atom. The van der Waals surface area contributed by atoms with E-state index in [1.807, 2.05) is 59.5 Å². The fraction of sp³-hybridized carbons (Fsp3) is 0.318. The number of nitrogens with zero attached hydrogens (tertiary/aromatic N) is 3. The molecule has 0 saturated carbocycles. The summed E-state index contributed by atoms with van der Waals surface area (Å²) in [5.74, 6) is 0.915. The first-order chi connectivity index (χ1) is 15.2. The topological polar surface area (TPSA) is 76.6 Å². The molecule has 2 aromatic carbocycles. The zero-order valence-electron chi connectivity index (χ0n) is 17.2. The van der Waals surface area contributed by atoms with Crippen LogP contribution in [0.4, 0.5) is 5.13 Å². The van der Waals surface area contributed by atoms with Crippen molar-refractivity contribution >= 4 is 34.1 Å². The number of benzene rings is 2. The van der Waals surface area contributed by atoms with Crippen LogP contribution in [-0.4, -0.2) is 54.4 Å². The second-order valence-electron chi connectivity index (χ2n) is 6.92. The number of hydrogen-bond acceptors (Lipinski definition) is 8. The van der Waals surface area contributed by atoms with Crippen LogP contribution in [0.3, 0.4) is 0 Å². The van der Waals surface area contributed by atoms with Crippen LogP contribution in [0.25, 0.3) is 0 Å². The van der Waals surface area contributed by atoms with E-state index in [0.29, 0.717) is 32.8 Å². The second-order valence-corrected chi connectivity index (χ2v) is 9.25. The molecule has 1 aliphatic heterocycles. The number of aromatic nitrogens is 2. The summed E-state index contributed by atoms with van der Waals surface area (Å²) in [4.78, 5) is 15.1. The van der Waals surface area contributed by atoms with Gasteiger partial charge in [-0.15, -0.1) is 10.2 Å². The minimum absolute atomic E-state index is 0.0856. The molecule has 162 valence electrons. The fourth-order valence-corrected chi connectivity index (χ4v) is 5.21. The van der Waals surface area contributed by atoms with Crippen LogP contribution in [0.1, 0.15) is 16.4 Å². The molecule has 1 aliphatic rings. The average molecular weight is 457 g/mol. The molecule has 31 heavy (non-hydrogen) atoms. The number of hydrogen-bond donors (Lipinski definition) is 1. The van der Waals surface area contributed by atoms with Gasteiger partial charge < -0.3 is 19.7 Å². The van der Waals surface area contributed by atoms with Gasteiger partial charge in [-0.25, -0.2) is 0 Å². The maximum atomic E-state index is 13.3. The molecule has 3 aromatic rings. The molecule has 0 radical (unpaired) electrons. The van der Waals surface area contributed by atoms with Crippen LogP contribution in [0, 0.1) is 0 Å². The van der Waals surface area contributed by atoms with Crippen LogP contribution in [0.5, 0.6) is 5.75 Å². The predicted molar refractivity (Wildman–Crippen MR) is 123 cm³/mol. The highest BCUT2D eigenvalue weighted by Gasteiger charge is 2.29. The summed E-state index contributed by atoms with van der Waals surface area (Å²) in [6.45, 7) is 3.03. The second kappa shape index (κ2) is 10.6. The lowest BCUT2D eigenvalue weighted by Gasteiger charge is -2.30. The molecule has 4 rings (SSSR count). The Morgan fingerprint density at radius 3 is 2.61 bits per heavy atom. The van der Waals surface area contributed by atoms with E-state index in [0.717, 1.165) is 26.3 Å². The van der Waals surface area contributed by atoms with E-state index in [1.165, 1.54) is 23.1 Å². The van der Waals surface area contributed by atoms with E-state index in [1.54, 1.807) is 7.11 Å². The number of amides is 1. The molecule has 0 bridgehead atoms. The maximum Gasteiger partial charge on any atom is 0.240 e. The first-order valence-corrected chi connectivity index (χ1v) is 11.7. The Morgan fingerprint density at radius 2 is 1.90 bits per heavy atom. The highest BCUT2D eigenvalue weighted by Crippen LogP contribution is 2.39. The Hall–Kier alpha value is -2.62. The Labute approximate surface area is 189 Å². The first-order valence-electron chi connectivity index (χ1n) is 10.0. The highest BCUT2D eigenvalue weighted by atomic mass is 32.2. The molecule has 1 amide bonds. The van der Waals surface area contributed by atoms with Crippen LogP contribution < -0.4 is 10.1 Å². The normalized spacial score (nSPS) is 14.8. The summed E-state index contributed by atoms with van der Waals surface area (Å²) < 4.78 is 11.3. The summed E-state index contributed by atoms with van der Waals surface area (Å²) in [7, 11) is 1.65. The number of thioether (sulfide) groups is 1. The minimum atomic E-state index is -0.360. The third kappa shape index (κ3) is 5.75. The van der Waals surface area contributed by atoms with Gasteiger partial charge in [-0.2, -0.15) is 0 Å². The van der Waals surface area contributed by atoms with Crippen LogP contribution >= 0.6 is 23.1 Å². The van der Waals surface area contributed by atoms with Crippen molar-refractivity contribution in [1.82, 2.24) is 15.1 Å². The zero-order chi connectivity index (χ0) is 21.5. The van der Waals surface area contributed by atoms with Gasteiger partial charge in [0.2, 0.25) is 11.0 Å². The summed E-state index contributed by atoms with van der Waals surface area (Å²) in [6, 6.07) is 17.7. The van der Waals surface area contributed by atoms with Crippen LogP contribution in [0.15, 0.2) is 58.9 Å². The number of nitrogens with one attached hydrogen (secondary N) is 1. The zero-order valence-corrected chi connectivity index (χ0v) is 18.8. The average Bonchev–Trinajstić information content (AvgIpc) is 3.30. The molecule has 1 unspecified atom stereocenters. The molecule has 1 N–H and O–H groups in total. The van der Waals surface area contributed by atoms with Gasteiger partial charge in [-0.3, -0.25) is 4.79 Å². The number of morpholine rings is 1. The molecular weight excluding hydrogens is 432 g/mol. The highest BCUT2D eigenvalue weighted by molar-refractivity contribution is 8.01. The summed E-state index contributed by atoms with van der Waals surface area (Å²) in [5, 5.41) is 12.2. The number of carbonyl (C=O) groups is 1. The van der Waals surface area contributed by atoms with Crippen molar-refractivity contribution in [2.45, 2.75) is 16.1 Å². The van der Waals surface area contributed by atoms with Gasteiger partial charge >= 0.3 is 0 Å². The lowest BCUT2D eigenvalue weighted by molar-refractivity contribution is -0.134. The number of ether oxygens (including phenoxy) is 2. The van der Waals surface area contributed by atoms with Crippen molar-refractivity contribution in [2.75, 3.05) is 38.7 Å². The Kier molecular flexibility index (Phi) is 7.39. The van der Waals surface area contributed by atoms with E-state index in [4.69, 9.17) is 9.47 Å². The van der Waals surface area contributed by atoms with E-state index >= 15 is 0 Å². The smallest absolute Gasteiger partial charge is 0.240 e. The molecule has 7 nitrogen and oxygen atoms in total. The van der Waals surface area contributed by atoms with Gasteiger partial charge in [0.25, 0.3) is 0 Å². The van der Waals surface area contributed by atoms with E-state index in [9.17, 15) is 4.79 Å². The fourth-order valence-electron chi connectivity index (χ4n) is 3.19. The number of anilines is 1. The van der Waals surface area contributed by atoms with E-state index in [2.05, 4.69) is 15.5 Å². The van der Waals surface area contributed by atoms with Crippen molar-refractivity contribution < 1.29 is 14.3 Å². The van der Waals surface area contributed by atoms with Gasteiger partial charge in [-0.1, -0.05) is 65.6 Å². The Bertz CT molecular complexity index is 976. The number of rotatable bonds is 8. The summed E-state index contributed by atoms with van der Waals surface area (Å²) in [5.41, 5.74) is 2.08. The van der Waals surface area contributed by atoms with Gasteiger partial charge in [0, 0.05) is 19.6 Å². The monoisotopic (exact) mass is 456 g/mol. The number of methoxy groups -OCH3 is 1. The van der Waals surface area contributed by atoms with Crippen molar-refractivity contribution in [2.24, 2.45) is 0 Å². The van der Waals surface area contributed by atoms with Gasteiger partial charge in [0.05, 0.1) is 20.3 Å². The quantitative estimate of drug-likeness (QED) is 0.516. The van der Waals surface area contributed by atoms with Crippen molar-refractivity contribution in [3.8, 4) is 5.75 Å². The van der Waals surface area contributed by atoms with Crippen LogP contribution in [-0.2, 0) is 16.1 Å². The van der Waals surface area contributed by atoms with Crippen molar-refractivity contribution in [3.05, 3.63) is 65.7 Å². The SMILES string of the molecule is COc1ccc(CNc2nnc(SC(C(=O)N3CCOCC3)c3ccccc3)s2)cc1. The third-order valence-corrected chi connectivity index (χ3v) is 7.08. The third-order valence-electron chi connectivity index (χ3n) is 4.88. The van der Waals surface area contributed by atoms with Gasteiger partial charge in [0.15, 0.2) is 4.34 Å². The standard InChI is InChI=1S/C22H24N4O3S2/c1-28-18-9-7-16(8-10-18)15-23-21-24-25-22(31-21)30-19(17-5-3-2-4-6-17)20(27)26-11-13-29-14-12-26/h2-10,19H,11-15H2,1H3,(H,23,24). The maximum absolute atomic E-state index is 13.3. The van der Waals surface area contributed by atoms with Crippen molar-refractivity contribution in [1.29, 1.82) is 0 Å². The van der Waals surface area contributed by atoms with E-state index < -0.39 is 0 Å². The summed E-state index contributed by atoms with van der Waals surface area (Å²) >= 11 is 2.90. The molecule has 0 aliphatic carbocycles. The Balaban J connectivity index is 1.43. The molecule has 1 saturated heterocycles. The van der Waals surface area contributed by atoms with Gasteiger partial charge in [0.1, 0.15) is 11.0 Å².